The quantitative estimate of drug-likeness (QED) is 0.562. The molecule has 1 aromatic rings. The lowest BCUT2D eigenvalue weighted by atomic mass is 9.94. The van der Waals surface area contributed by atoms with Gasteiger partial charge in [0.2, 0.25) is 0 Å². The molecule has 0 aliphatic heterocycles. The van der Waals surface area contributed by atoms with Crippen LogP contribution >= 0.6 is 0 Å². The van der Waals surface area contributed by atoms with Gasteiger partial charge in [-0.25, -0.2) is 0 Å². The van der Waals surface area contributed by atoms with Crippen molar-refractivity contribution in [3.8, 4) is 5.75 Å². The van der Waals surface area contributed by atoms with Gasteiger partial charge >= 0.3 is 6.18 Å². The van der Waals surface area contributed by atoms with E-state index in [1.54, 1.807) is 13.0 Å². The highest BCUT2D eigenvalue weighted by atomic mass is 19.4. The first-order chi connectivity index (χ1) is 11.7. The minimum Gasteiger partial charge on any atom is -0.493 e. The van der Waals surface area contributed by atoms with Crippen LogP contribution < -0.4 is 10.5 Å². The number of nitrogens with two attached hydrogens (primary N) is 1. The predicted molar refractivity (Wildman–Crippen MR) is 93.7 cm³/mol. The zero-order chi connectivity index (χ0) is 18.9. The number of aliphatic hydroxyl groups excluding tert-OH is 1. The third-order valence-electron chi connectivity index (χ3n) is 4.20. The largest absolute Gasteiger partial charge is 0.493 e. The van der Waals surface area contributed by atoms with Crippen molar-refractivity contribution in [1.29, 1.82) is 0 Å². The smallest absolute Gasteiger partial charge is 0.419 e. The van der Waals surface area contributed by atoms with Crippen molar-refractivity contribution in [2.24, 2.45) is 5.73 Å². The lowest BCUT2D eigenvalue weighted by molar-refractivity contribution is -0.139. The molecule has 0 amide bonds. The van der Waals surface area contributed by atoms with Crippen LogP contribution in [0.2, 0.25) is 0 Å². The number of unbranched alkanes of at least 4 members (excludes halogenated alkanes) is 4. The highest BCUT2D eigenvalue weighted by molar-refractivity contribution is 5.39. The predicted octanol–water partition coefficient (Wildman–Crippen LogP) is 4.70. The molecule has 3 nitrogen and oxygen atoms in total. The summed E-state index contributed by atoms with van der Waals surface area (Å²) in [5.41, 5.74) is 4.82. The molecule has 0 spiro atoms. The van der Waals surface area contributed by atoms with Crippen LogP contribution in [0.25, 0.3) is 0 Å². The number of alkyl halides is 3. The van der Waals surface area contributed by atoms with Crippen LogP contribution in [-0.2, 0) is 12.6 Å². The molecule has 0 aliphatic carbocycles. The molecule has 0 aliphatic rings. The van der Waals surface area contributed by atoms with Crippen LogP contribution in [0.5, 0.6) is 5.75 Å². The fraction of sp³-hybridized carbons (Fsp3) is 0.684. The lowest BCUT2D eigenvalue weighted by Gasteiger charge is -2.22. The second-order valence-corrected chi connectivity index (χ2v) is 6.90. The van der Waals surface area contributed by atoms with Gasteiger partial charge in [-0.3, -0.25) is 0 Å². The average Bonchev–Trinajstić information content (AvgIpc) is 2.56. The van der Waals surface area contributed by atoms with E-state index in [2.05, 4.69) is 6.92 Å². The summed E-state index contributed by atoms with van der Waals surface area (Å²) in [6, 6.07) is 4.14. The SMILES string of the molecule is CCCCCCCOc1ccc(CC[C@@](C)(N)CO)cc1C(F)(F)F. The molecule has 0 saturated heterocycles. The molecule has 3 N–H and O–H groups in total. The van der Waals surface area contributed by atoms with Gasteiger partial charge in [0.25, 0.3) is 0 Å². The Morgan fingerprint density at radius 1 is 1.12 bits per heavy atom. The lowest BCUT2D eigenvalue weighted by Crippen LogP contribution is -2.40. The molecule has 25 heavy (non-hydrogen) atoms. The standard InChI is InChI=1S/C19H30F3NO2/c1-3-4-5-6-7-12-25-17-9-8-15(10-11-18(2,23)14-24)13-16(17)19(20,21)22/h8-9,13,24H,3-7,10-12,14,23H2,1-2H3/t18-/m1/s1. The van der Waals surface area contributed by atoms with E-state index in [1.807, 2.05) is 0 Å². The van der Waals surface area contributed by atoms with Crippen LogP contribution in [0.15, 0.2) is 18.2 Å². The molecular formula is C19H30F3NO2. The number of aryl methyl sites for hydroxylation is 1. The molecule has 0 bridgehead atoms. The number of hydrogen-bond donors (Lipinski definition) is 2. The number of aliphatic hydroxyl groups is 1. The van der Waals surface area contributed by atoms with E-state index in [0.29, 0.717) is 18.4 Å². The maximum Gasteiger partial charge on any atom is 0.419 e. The minimum absolute atomic E-state index is 0.121. The Balaban J connectivity index is 2.72. The molecule has 144 valence electrons. The van der Waals surface area contributed by atoms with Gasteiger partial charge in [-0.2, -0.15) is 13.2 Å². The summed E-state index contributed by atoms with van der Waals surface area (Å²) in [5.74, 6) is -0.121. The summed E-state index contributed by atoms with van der Waals surface area (Å²) < 4.78 is 45.3. The van der Waals surface area contributed by atoms with Gasteiger partial charge in [0.15, 0.2) is 0 Å². The third-order valence-corrected chi connectivity index (χ3v) is 4.20. The molecule has 1 aromatic carbocycles. The summed E-state index contributed by atoms with van der Waals surface area (Å²) >= 11 is 0. The number of ether oxygens (including phenoxy) is 1. The van der Waals surface area contributed by atoms with E-state index >= 15 is 0 Å². The number of hydrogen-bond acceptors (Lipinski definition) is 3. The van der Waals surface area contributed by atoms with Gasteiger partial charge < -0.3 is 15.6 Å². The first-order valence-electron chi connectivity index (χ1n) is 8.92. The zero-order valence-corrected chi connectivity index (χ0v) is 15.2. The zero-order valence-electron chi connectivity index (χ0n) is 15.2. The fourth-order valence-corrected chi connectivity index (χ4v) is 2.48. The Labute approximate surface area is 148 Å². The van der Waals surface area contributed by atoms with Crippen molar-refractivity contribution >= 4 is 0 Å². The van der Waals surface area contributed by atoms with E-state index in [1.165, 1.54) is 6.07 Å². The molecule has 1 atom stereocenters. The van der Waals surface area contributed by atoms with Crippen LogP contribution in [0.4, 0.5) is 13.2 Å². The first-order valence-corrected chi connectivity index (χ1v) is 8.92. The maximum atomic E-state index is 13.3. The minimum atomic E-state index is -4.46. The number of halogens is 3. The monoisotopic (exact) mass is 361 g/mol. The Kier molecular flexibility index (Phi) is 8.73. The molecule has 1 rings (SSSR count). The number of rotatable bonds is 11. The Bertz CT molecular complexity index is 516. The van der Waals surface area contributed by atoms with Crippen molar-refractivity contribution < 1.29 is 23.0 Å². The van der Waals surface area contributed by atoms with Crippen LogP contribution in [0.3, 0.4) is 0 Å². The van der Waals surface area contributed by atoms with E-state index in [4.69, 9.17) is 15.6 Å². The summed E-state index contributed by atoms with van der Waals surface area (Å²) in [4.78, 5) is 0. The first kappa shape index (κ1) is 21.8. The third kappa shape index (κ3) is 8.10. The molecule has 6 heteroatoms. The van der Waals surface area contributed by atoms with Crippen LogP contribution in [-0.4, -0.2) is 23.9 Å². The van der Waals surface area contributed by atoms with Crippen molar-refractivity contribution in [3.63, 3.8) is 0 Å². The summed E-state index contributed by atoms with van der Waals surface area (Å²) in [6.45, 7) is 3.87. The molecular weight excluding hydrogens is 331 g/mol. The van der Waals surface area contributed by atoms with Crippen molar-refractivity contribution in [2.75, 3.05) is 13.2 Å². The molecule has 0 unspecified atom stereocenters. The van der Waals surface area contributed by atoms with E-state index in [9.17, 15) is 13.2 Å². The topological polar surface area (TPSA) is 55.5 Å². The fourth-order valence-electron chi connectivity index (χ4n) is 2.48. The molecule has 0 saturated carbocycles. The van der Waals surface area contributed by atoms with E-state index in [0.717, 1.165) is 38.2 Å². The van der Waals surface area contributed by atoms with Crippen molar-refractivity contribution in [2.45, 2.75) is 70.5 Å². The van der Waals surface area contributed by atoms with Gasteiger partial charge in [0, 0.05) is 5.54 Å². The molecule has 0 heterocycles. The van der Waals surface area contributed by atoms with Crippen LogP contribution in [0.1, 0.15) is 63.5 Å². The summed E-state index contributed by atoms with van der Waals surface area (Å²) in [6.07, 6.45) is 1.36. The molecule has 0 radical (unpaired) electrons. The van der Waals surface area contributed by atoms with Gasteiger partial charge in [0.05, 0.1) is 18.8 Å². The van der Waals surface area contributed by atoms with Gasteiger partial charge in [0.1, 0.15) is 5.75 Å². The van der Waals surface area contributed by atoms with Crippen molar-refractivity contribution in [1.82, 2.24) is 0 Å². The van der Waals surface area contributed by atoms with E-state index < -0.39 is 17.3 Å². The summed E-state index contributed by atoms with van der Waals surface area (Å²) in [5, 5.41) is 9.15. The Hall–Kier alpha value is -1.27. The van der Waals surface area contributed by atoms with E-state index in [-0.39, 0.29) is 19.0 Å². The molecule has 0 fully saturated rings. The highest BCUT2D eigenvalue weighted by Gasteiger charge is 2.34. The van der Waals surface area contributed by atoms with Crippen molar-refractivity contribution in [3.05, 3.63) is 29.3 Å². The van der Waals surface area contributed by atoms with Gasteiger partial charge in [-0.15, -0.1) is 0 Å². The maximum absolute atomic E-state index is 13.3. The Morgan fingerprint density at radius 2 is 1.80 bits per heavy atom. The van der Waals surface area contributed by atoms with Gasteiger partial charge in [-0.1, -0.05) is 38.7 Å². The van der Waals surface area contributed by atoms with Crippen LogP contribution in [0, 0.1) is 0 Å². The highest BCUT2D eigenvalue weighted by Crippen LogP contribution is 2.37. The second kappa shape index (κ2) is 10.0. The number of benzene rings is 1. The normalized spacial score (nSPS) is 14.4. The average molecular weight is 361 g/mol. The summed E-state index contributed by atoms with van der Waals surface area (Å²) in [7, 11) is 0. The Morgan fingerprint density at radius 3 is 2.40 bits per heavy atom. The second-order valence-electron chi connectivity index (χ2n) is 6.90. The molecule has 0 aromatic heterocycles. The van der Waals surface area contributed by atoms with Gasteiger partial charge in [-0.05, 0) is 43.9 Å².